The van der Waals surface area contributed by atoms with Crippen LogP contribution in [-0.4, -0.2) is 9.13 Å². The van der Waals surface area contributed by atoms with Crippen LogP contribution in [-0.2, 0) is 0 Å². The third-order valence-electron chi connectivity index (χ3n) is 8.86. The van der Waals surface area contributed by atoms with Crippen molar-refractivity contribution in [2.75, 3.05) is 0 Å². The molecule has 6 aromatic carbocycles. The molecule has 0 bridgehead atoms. The van der Waals surface area contributed by atoms with Gasteiger partial charge in [0.25, 0.3) is 0 Å². The van der Waals surface area contributed by atoms with Crippen molar-refractivity contribution in [3.05, 3.63) is 144 Å². The number of nitriles is 2. The van der Waals surface area contributed by atoms with Gasteiger partial charge in [-0.05, 0) is 61.4 Å². The smallest absolute Gasteiger partial charge is 0.0999 e. The fourth-order valence-electron chi connectivity index (χ4n) is 6.99. The largest absolute Gasteiger partial charge is 0.308 e. The predicted molar refractivity (Wildman–Crippen MR) is 179 cm³/mol. The van der Waals surface area contributed by atoms with Crippen molar-refractivity contribution in [2.24, 2.45) is 0 Å². The summed E-state index contributed by atoms with van der Waals surface area (Å²) < 4.78 is 4.55. The van der Waals surface area contributed by atoms with Gasteiger partial charge in [0, 0.05) is 32.7 Å². The lowest BCUT2D eigenvalue weighted by molar-refractivity contribution is 1.12. The van der Waals surface area contributed by atoms with Crippen molar-refractivity contribution >= 4 is 43.6 Å². The van der Waals surface area contributed by atoms with E-state index in [0.29, 0.717) is 11.1 Å². The van der Waals surface area contributed by atoms with Crippen LogP contribution in [0.4, 0.5) is 0 Å². The summed E-state index contributed by atoms with van der Waals surface area (Å²) >= 11 is 0. The topological polar surface area (TPSA) is 57.4 Å². The third-order valence-corrected chi connectivity index (χ3v) is 8.86. The number of hydrogen-bond donors (Lipinski definition) is 0. The molecular formula is C40H26N4. The van der Waals surface area contributed by atoms with Crippen LogP contribution in [0.1, 0.15) is 22.3 Å². The van der Waals surface area contributed by atoms with E-state index >= 15 is 0 Å². The Balaban J connectivity index is 1.61. The zero-order valence-electron chi connectivity index (χ0n) is 24.3. The molecule has 4 nitrogen and oxygen atoms in total. The fraction of sp³-hybridized carbons (Fsp3) is 0.0500. The first-order valence-corrected chi connectivity index (χ1v) is 14.7. The maximum absolute atomic E-state index is 10.7. The molecule has 0 saturated heterocycles. The first-order chi connectivity index (χ1) is 21.6. The zero-order chi connectivity index (χ0) is 29.9. The van der Waals surface area contributed by atoms with E-state index in [1.54, 1.807) is 0 Å². The monoisotopic (exact) mass is 562 g/mol. The van der Waals surface area contributed by atoms with Gasteiger partial charge in [0.05, 0.1) is 56.7 Å². The van der Waals surface area contributed by atoms with Crippen molar-refractivity contribution in [2.45, 2.75) is 13.8 Å². The van der Waals surface area contributed by atoms with Gasteiger partial charge in [-0.15, -0.1) is 0 Å². The standard InChI is InChI=1S/C40H26N4/c1-25-19-21-27(23-41)37(39(25)43-33-15-7-3-11-29(33)30-12-4-8-16-34(30)43)38-28(24-42)22-20-26(2)40(38)44-35-17-9-5-13-31(35)32-14-6-10-18-36(32)44/h3-22H,1-2H3. The molecule has 206 valence electrons. The molecule has 0 atom stereocenters. The van der Waals surface area contributed by atoms with Crippen LogP contribution >= 0.6 is 0 Å². The minimum atomic E-state index is 0.525. The molecule has 0 aliphatic rings. The summed E-state index contributed by atoms with van der Waals surface area (Å²) in [6.45, 7) is 4.18. The molecular weight excluding hydrogens is 536 g/mol. The summed E-state index contributed by atoms with van der Waals surface area (Å²) in [7, 11) is 0. The SMILES string of the molecule is Cc1ccc(C#N)c(-c2c(C#N)ccc(C)c2-n2c3ccccc3c3ccccc32)c1-n1c2ccccc2c2ccccc21. The van der Waals surface area contributed by atoms with Crippen LogP contribution in [0, 0.1) is 36.5 Å². The normalized spacial score (nSPS) is 11.4. The zero-order valence-corrected chi connectivity index (χ0v) is 24.3. The van der Waals surface area contributed by atoms with Crippen LogP contribution < -0.4 is 0 Å². The lowest BCUT2D eigenvalue weighted by Crippen LogP contribution is -2.08. The van der Waals surface area contributed by atoms with Gasteiger partial charge in [-0.1, -0.05) is 84.9 Å². The van der Waals surface area contributed by atoms with Gasteiger partial charge in [-0.25, -0.2) is 0 Å². The summed E-state index contributed by atoms with van der Waals surface area (Å²) in [5.41, 5.74) is 10.6. The number of nitrogens with zero attached hydrogens (tertiary/aromatic N) is 4. The second-order valence-corrected chi connectivity index (χ2v) is 11.3. The number of fused-ring (bicyclic) bond motifs is 6. The van der Waals surface area contributed by atoms with Crippen LogP contribution in [0.2, 0.25) is 0 Å². The minimum absolute atomic E-state index is 0.525. The molecule has 0 saturated carbocycles. The van der Waals surface area contributed by atoms with E-state index in [0.717, 1.165) is 77.2 Å². The molecule has 0 aliphatic heterocycles. The molecule has 8 aromatic rings. The maximum Gasteiger partial charge on any atom is 0.0999 e. The lowest BCUT2D eigenvalue weighted by Gasteiger charge is -2.23. The van der Waals surface area contributed by atoms with Gasteiger partial charge in [0.2, 0.25) is 0 Å². The Bertz CT molecular complexity index is 2260. The molecule has 4 heteroatoms. The van der Waals surface area contributed by atoms with E-state index in [-0.39, 0.29) is 0 Å². The van der Waals surface area contributed by atoms with Crippen molar-refractivity contribution in [1.29, 1.82) is 10.5 Å². The first-order valence-electron chi connectivity index (χ1n) is 14.7. The summed E-state index contributed by atoms with van der Waals surface area (Å²) in [4.78, 5) is 0. The average Bonchev–Trinajstić information content (AvgIpc) is 3.57. The molecule has 0 aliphatic carbocycles. The lowest BCUT2D eigenvalue weighted by atomic mass is 9.89. The molecule has 0 spiro atoms. The van der Waals surface area contributed by atoms with Crippen molar-refractivity contribution < 1.29 is 0 Å². The van der Waals surface area contributed by atoms with Crippen molar-refractivity contribution in [3.8, 4) is 34.6 Å². The molecule has 0 fully saturated rings. The molecule has 8 rings (SSSR count). The Morgan fingerprint density at radius 3 is 1.00 bits per heavy atom. The minimum Gasteiger partial charge on any atom is -0.308 e. The van der Waals surface area contributed by atoms with Gasteiger partial charge in [0.1, 0.15) is 0 Å². The summed E-state index contributed by atoms with van der Waals surface area (Å²) in [5.74, 6) is 0. The average molecular weight is 563 g/mol. The summed E-state index contributed by atoms with van der Waals surface area (Å²) in [6.07, 6.45) is 0. The van der Waals surface area contributed by atoms with E-state index in [9.17, 15) is 10.5 Å². The third kappa shape index (κ3) is 3.49. The molecule has 0 radical (unpaired) electrons. The second-order valence-electron chi connectivity index (χ2n) is 11.3. The molecule has 2 heterocycles. The van der Waals surface area contributed by atoms with Crippen molar-refractivity contribution in [1.82, 2.24) is 9.13 Å². The highest BCUT2D eigenvalue weighted by Crippen LogP contribution is 2.45. The van der Waals surface area contributed by atoms with E-state index in [1.807, 2.05) is 24.3 Å². The molecule has 0 unspecified atom stereocenters. The van der Waals surface area contributed by atoms with Gasteiger partial charge >= 0.3 is 0 Å². The quantitative estimate of drug-likeness (QED) is 0.215. The molecule has 44 heavy (non-hydrogen) atoms. The molecule has 0 amide bonds. The van der Waals surface area contributed by atoms with Crippen LogP contribution in [0.15, 0.2) is 121 Å². The predicted octanol–water partition coefficient (Wildman–Crippen LogP) is 9.91. The van der Waals surface area contributed by atoms with E-state index < -0.39 is 0 Å². The highest BCUT2D eigenvalue weighted by molar-refractivity contribution is 6.12. The van der Waals surface area contributed by atoms with Gasteiger partial charge in [-0.3, -0.25) is 0 Å². The number of aromatic nitrogens is 2. The number of benzene rings is 6. The number of aryl methyl sites for hydroxylation is 2. The highest BCUT2D eigenvalue weighted by atomic mass is 15.0. The van der Waals surface area contributed by atoms with Crippen molar-refractivity contribution in [3.63, 3.8) is 0 Å². The van der Waals surface area contributed by atoms with Gasteiger partial charge < -0.3 is 9.13 Å². The Hall–Kier alpha value is -6.10. The number of hydrogen-bond acceptors (Lipinski definition) is 2. The molecule has 0 N–H and O–H groups in total. The van der Waals surface area contributed by atoms with E-state index in [4.69, 9.17) is 0 Å². The second kappa shape index (κ2) is 9.73. The van der Waals surface area contributed by atoms with Gasteiger partial charge in [0.15, 0.2) is 0 Å². The first kappa shape index (κ1) is 25.6. The molecule has 2 aromatic heterocycles. The van der Waals surface area contributed by atoms with E-state index in [2.05, 4.69) is 132 Å². The Kier molecular flexibility index (Phi) is 5.66. The van der Waals surface area contributed by atoms with E-state index in [1.165, 1.54) is 0 Å². The fourth-order valence-corrected chi connectivity index (χ4v) is 6.99. The highest BCUT2D eigenvalue weighted by Gasteiger charge is 2.26. The Morgan fingerprint density at radius 2 is 0.705 bits per heavy atom. The number of para-hydroxylation sites is 4. The van der Waals surface area contributed by atoms with Crippen LogP contribution in [0.5, 0.6) is 0 Å². The van der Waals surface area contributed by atoms with Gasteiger partial charge in [-0.2, -0.15) is 10.5 Å². The van der Waals surface area contributed by atoms with Crippen LogP contribution in [0.25, 0.3) is 66.1 Å². The summed E-state index contributed by atoms with van der Waals surface area (Å²) in [6, 6.07) is 46.4. The Morgan fingerprint density at radius 1 is 0.409 bits per heavy atom. The Labute approximate surface area is 254 Å². The van der Waals surface area contributed by atoms with Crippen LogP contribution in [0.3, 0.4) is 0 Å². The summed E-state index contributed by atoms with van der Waals surface area (Å²) in [5, 5.41) is 25.9. The number of rotatable bonds is 3. The maximum atomic E-state index is 10.7.